The zero-order valence-corrected chi connectivity index (χ0v) is 14.3. The molecule has 0 radical (unpaired) electrons. The van der Waals surface area contributed by atoms with Crippen molar-refractivity contribution in [2.45, 2.75) is 27.3 Å². The van der Waals surface area contributed by atoms with Crippen LogP contribution in [0.1, 0.15) is 16.8 Å². The van der Waals surface area contributed by atoms with Crippen LogP contribution in [-0.2, 0) is 18.4 Å². The lowest BCUT2D eigenvalue weighted by atomic mass is 10.1. The summed E-state index contributed by atoms with van der Waals surface area (Å²) in [5.74, 6) is -0.234. The Hall–Kier alpha value is -2.89. The molecule has 0 fully saturated rings. The lowest BCUT2D eigenvalue weighted by Crippen LogP contribution is -2.28. The number of amides is 1. The minimum Gasteiger partial charge on any atom is -0.324 e. The summed E-state index contributed by atoms with van der Waals surface area (Å²) in [6, 6.07) is 7.65. The summed E-state index contributed by atoms with van der Waals surface area (Å²) < 4.78 is 2.97. The van der Waals surface area contributed by atoms with Crippen LogP contribution in [0.4, 0.5) is 5.69 Å². The molecule has 0 saturated carbocycles. The highest BCUT2D eigenvalue weighted by Crippen LogP contribution is 2.16. The number of pyridine rings is 1. The average Bonchev–Trinajstić information content (AvgIpc) is 2.80. The molecule has 1 N–H and O–H groups in total. The van der Waals surface area contributed by atoms with E-state index in [2.05, 4.69) is 10.4 Å². The fourth-order valence-corrected chi connectivity index (χ4v) is 2.92. The van der Waals surface area contributed by atoms with Gasteiger partial charge in [0.05, 0.1) is 5.69 Å². The molecule has 24 heavy (non-hydrogen) atoms. The number of benzene rings is 1. The maximum Gasteiger partial charge on any atom is 0.277 e. The minimum absolute atomic E-state index is 0.0354. The van der Waals surface area contributed by atoms with E-state index in [1.165, 1.54) is 4.57 Å². The van der Waals surface area contributed by atoms with Gasteiger partial charge in [0.2, 0.25) is 5.91 Å². The van der Waals surface area contributed by atoms with Gasteiger partial charge in [0.25, 0.3) is 5.56 Å². The van der Waals surface area contributed by atoms with Crippen molar-refractivity contribution in [3.8, 4) is 0 Å². The van der Waals surface area contributed by atoms with Crippen molar-refractivity contribution in [1.82, 2.24) is 14.3 Å². The smallest absolute Gasteiger partial charge is 0.277 e. The second kappa shape index (κ2) is 5.96. The van der Waals surface area contributed by atoms with Crippen molar-refractivity contribution in [1.29, 1.82) is 0 Å². The highest BCUT2D eigenvalue weighted by molar-refractivity contribution is 5.91. The van der Waals surface area contributed by atoms with Gasteiger partial charge in [-0.3, -0.25) is 14.3 Å². The maximum absolute atomic E-state index is 12.6. The number of nitrogens with zero attached hydrogens (tertiary/aromatic N) is 3. The SMILES string of the molecule is Cc1ccc(NC(=O)Cn2ccc3c(C)nn(C)c3c2=O)c(C)c1. The van der Waals surface area contributed by atoms with Crippen LogP contribution >= 0.6 is 0 Å². The first kappa shape index (κ1) is 16.0. The van der Waals surface area contributed by atoms with Crippen molar-refractivity contribution in [2.75, 3.05) is 5.32 Å². The number of anilines is 1. The van der Waals surface area contributed by atoms with Crippen molar-refractivity contribution >= 4 is 22.5 Å². The van der Waals surface area contributed by atoms with E-state index in [1.807, 2.05) is 45.0 Å². The molecule has 0 spiro atoms. The molecular weight excluding hydrogens is 304 g/mol. The molecule has 1 amide bonds. The lowest BCUT2D eigenvalue weighted by Gasteiger charge is -2.10. The van der Waals surface area contributed by atoms with Crippen LogP contribution in [0, 0.1) is 20.8 Å². The first-order chi connectivity index (χ1) is 11.4. The molecule has 0 saturated heterocycles. The van der Waals surface area contributed by atoms with E-state index < -0.39 is 0 Å². The van der Waals surface area contributed by atoms with E-state index in [-0.39, 0.29) is 18.0 Å². The average molecular weight is 324 g/mol. The molecule has 0 aliphatic rings. The van der Waals surface area contributed by atoms with E-state index in [4.69, 9.17) is 0 Å². The topological polar surface area (TPSA) is 68.9 Å². The number of carbonyl (C=O) groups is 1. The Morgan fingerprint density at radius 2 is 1.96 bits per heavy atom. The first-order valence-electron chi connectivity index (χ1n) is 7.76. The molecule has 1 aromatic carbocycles. The maximum atomic E-state index is 12.6. The van der Waals surface area contributed by atoms with E-state index >= 15 is 0 Å². The summed E-state index contributed by atoms with van der Waals surface area (Å²) in [4.78, 5) is 24.9. The zero-order valence-electron chi connectivity index (χ0n) is 14.3. The monoisotopic (exact) mass is 324 g/mol. The fraction of sp³-hybridized carbons (Fsp3) is 0.278. The van der Waals surface area contributed by atoms with Gasteiger partial charge < -0.3 is 9.88 Å². The van der Waals surface area contributed by atoms with Gasteiger partial charge in [0.15, 0.2) is 0 Å². The fourth-order valence-electron chi connectivity index (χ4n) is 2.92. The molecule has 3 aromatic rings. The van der Waals surface area contributed by atoms with Crippen LogP contribution in [0.3, 0.4) is 0 Å². The number of rotatable bonds is 3. The lowest BCUT2D eigenvalue weighted by molar-refractivity contribution is -0.116. The number of hydrogen-bond donors (Lipinski definition) is 1. The minimum atomic E-state index is -0.234. The third kappa shape index (κ3) is 2.82. The predicted octanol–water partition coefficient (Wildman–Crippen LogP) is 2.30. The number of hydrogen-bond acceptors (Lipinski definition) is 3. The second-order valence-corrected chi connectivity index (χ2v) is 6.09. The van der Waals surface area contributed by atoms with Gasteiger partial charge in [0, 0.05) is 24.3 Å². The summed E-state index contributed by atoms with van der Waals surface area (Å²) in [5, 5.41) is 7.94. The predicted molar refractivity (Wildman–Crippen MR) is 94.3 cm³/mol. The van der Waals surface area contributed by atoms with Gasteiger partial charge in [-0.05, 0) is 38.5 Å². The van der Waals surface area contributed by atoms with E-state index in [1.54, 1.807) is 17.9 Å². The van der Waals surface area contributed by atoms with Gasteiger partial charge in [-0.25, -0.2) is 0 Å². The van der Waals surface area contributed by atoms with Gasteiger partial charge >= 0.3 is 0 Å². The largest absolute Gasteiger partial charge is 0.324 e. The number of aryl methyl sites for hydroxylation is 4. The third-order valence-electron chi connectivity index (χ3n) is 4.12. The molecule has 124 valence electrons. The Balaban J connectivity index is 1.87. The van der Waals surface area contributed by atoms with Crippen LogP contribution in [-0.4, -0.2) is 20.3 Å². The number of carbonyl (C=O) groups excluding carboxylic acids is 1. The molecule has 0 aliphatic carbocycles. The molecule has 0 unspecified atom stereocenters. The standard InChI is InChI=1S/C18H20N4O2/c1-11-5-6-15(12(2)9-11)19-16(23)10-22-8-7-14-13(3)20-21(4)17(14)18(22)24/h5-9H,10H2,1-4H3,(H,19,23). The number of nitrogens with one attached hydrogen (secondary N) is 1. The molecule has 3 rings (SSSR count). The summed E-state index contributed by atoms with van der Waals surface area (Å²) in [7, 11) is 1.73. The molecule has 2 aromatic heterocycles. The van der Waals surface area contributed by atoms with E-state index in [9.17, 15) is 9.59 Å². The second-order valence-electron chi connectivity index (χ2n) is 6.09. The van der Waals surface area contributed by atoms with Crippen molar-refractivity contribution < 1.29 is 4.79 Å². The van der Waals surface area contributed by atoms with Crippen LogP contribution in [0.2, 0.25) is 0 Å². The normalized spacial score (nSPS) is 11.0. The van der Waals surface area contributed by atoms with Gasteiger partial charge in [-0.1, -0.05) is 17.7 Å². The van der Waals surface area contributed by atoms with Crippen LogP contribution in [0.25, 0.3) is 10.9 Å². The molecule has 6 heteroatoms. The van der Waals surface area contributed by atoms with Crippen molar-refractivity contribution in [3.63, 3.8) is 0 Å². The Kier molecular flexibility index (Phi) is 3.97. The Bertz CT molecular complexity index is 998. The van der Waals surface area contributed by atoms with Crippen LogP contribution in [0.5, 0.6) is 0 Å². The number of fused-ring (bicyclic) bond motifs is 1. The molecule has 0 bridgehead atoms. The van der Waals surface area contributed by atoms with E-state index in [0.717, 1.165) is 27.9 Å². The summed E-state index contributed by atoms with van der Waals surface area (Å²) in [6.07, 6.45) is 1.64. The molecule has 0 atom stereocenters. The van der Waals surface area contributed by atoms with E-state index in [0.29, 0.717) is 5.52 Å². The Morgan fingerprint density at radius 3 is 2.67 bits per heavy atom. The van der Waals surface area contributed by atoms with Crippen LogP contribution < -0.4 is 10.9 Å². The molecule has 0 aliphatic heterocycles. The number of aromatic nitrogens is 3. The molecular formula is C18H20N4O2. The van der Waals surface area contributed by atoms with Gasteiger partial charge in [-0.15, -0.1) is 0 Å². The summed E-state index contributed by atoms with van der Waals surface area (Å²) in [6.45, 7) is 5.77. The summed E-state index contributed by atoms with van der Waals surface area (Å²) in [5.41, 5.74) is 3.99. The highest BCUT2D eigenvalue weighted by Gasteiger charge is 2.13. The van der Waals surface area contributed by atoms with Crippen molar-refractivity contribution in [2.24, 2.45) is 7.05 Å². The van der Waals surface area contributed by atoms with Crippen LogP contribution in [0.15, 0.2) is 35.3 Å². The molecule has 2 heterocycles. The Labute approximate surface area is 139 Å². The third-order valence-corrected chi connectivity index (χ3v) is 4.12. The quantitative estimate of drug-likeness (QED) is 0.804. The Morgan fingerprint density at radius 1 is 1.21 bits per heavy atom. The zero-order chi connectivity index (χ0) is 17.4. The summed E-state index contributed by atoms with van der Waals surface area (Å²) >= 11 is 0. The van der Waals surface area contributed by atoms with Crippen molar-refractivity contribution in [3.05, 3.63) is 57.6 Å². The molecule has 6 nitrogen and oxygen atoms in total. The first-order valence-corrected chi connectivity index (χ1v) is 7.76. The van der Waals surface area contributed by atoms with Gasteiger partial charge in [-0.2, -0.15) is 5.10 Å². The van der Waals surface area contributed by atoms with Gasteiger partial charge in [0.1, 0.15) is 12.1 Å². The highest BCUT2D eigenvalue weighted by atomic mass is 16.2.